The summed E-state index contributed by atoms with van der Waals surface area (Å²) in [6, 6.07) is 4.41. The number of rotatable bonds is 2. The molecule has 1 N–H and O–H groups in total. The maximum atomic E-state index is 13.1. The molecule has 1 fully saturated rings. The zero-order valence-corrected chi connectivity index (χ0v) is 12.3. The van der Waals surface area contributed by atoms with Gasteiger partial charge >= 0.3 is 12.1 Å². The van der Waals surface area contributed by atoms with Crippen LogP contribution in [0.4, 0.5) is 13.2 Å². The second-order valence-electron chi connectivity index (χ2n) is 5.33. The monoisotopic (exact) mass is 335 g/mol. The molecule has 0 aromatic heterocycles. The van der Waals surface area contributed by atoms with Crippen molar-refractivity contribution in [3.05, 3.63) is 34.3 Å². The lowest BCUT2D eigenvalue weighted by atomic mass is 9.86. The Kier molecular flexibility index (Phi) is 4.12. The molecule has 1 atom stereocenters. The van der Waals surface area contributed by atoms with E-state index in [4.69, 9.17) is 16.7 Å². The molecule has 0 bridgehead atoms. The van der Waals surface area contributed by atoms with Crippen LogP contribution in [-0.4, -0.2) is 41.1 Å². The molecule has 1 saturated heterocycles. The molecule has 1 aromatic rings. The first-order valence-corrected chi connectivity index (χ1v) is 6.82. The summed E-state index contributed by atoms with van der Waals surface area (Å²) in [5.41, 5.74) is -2.04. The molecule has 1 aliphatic heterocycles. The number of alkyl halides is 3. The van der Waals surface area contributed by atoms with Gasteiger partial charge in [-0.15, -0.1) is 0 Å². The predicted octanol–water partition coefficient (Wildman–Crippen LogP) is 3.13. The van der Waals surface area contributed by atoms with Crippen LogP contribution in [0.1, 0.15) is 22.3 Å². The fraction of sp³-hybridized carbons (Fsp3) is 0.429. The van der Waals surface area contributed by atoms with Crippen molar-refractivity contribution in [2.75, 3.05) is 13.1 Å². The maximum Gasteiger partial charge on any atom is 0.406 e. The molecule has 1 amide bonds. The third kappa shape index (κ3) is 2.65. The van der Waals surface area contributed by atoms with Crippen LogP contribution in [-0.2, 0) is 4.79 Å². The van der Waals surface area contributed by atoms with E-state index in [9.17, 15) is 22.8 Å². The van der Waals surface area contributed by atoms with Crippen LogP contribution in [0, 0.1) is 12.3 Å². The van der Waals surface area contributed by atoms with Crippen LogP contribution < -0.4 is 0 Å². The Morgan fingerprint density at radius 2 is 2.00 bits per heavy atom. The average Bonchev–Trinajstić information content (AvgIpc) is 2.87. The zero-order chi connectivity index (χ0) is 16.7. The van der Waals surface area contributed by atoms with E-state index in [1.54, 1.807) is 13.0 Å². The van der Waals surface area contributed by atoms with Crippen molar-refractivity contribution in [3.8, 4) is 0 Å². The van der Waals surface area contributed by atoms with E-state index in [1.807, 2.05) is 0 Å². The lowest BCUT2D eigenvalue weighted by Gasteiger charge is -2.27. The summed E-state index contributed by atoms with van der Waals surface area (Å²) >= 11 is 5.90. The van der Waals surface area contributed by atoms with E-state index in [-0.39, 0.29) is 12.1 Å². The van der Waals surface area contributed by atoms with Crippen LogP contribution in [0.2, 0.25) is 5.02 Å². The minimum atomic E-state index is -4.92. The smallest absolute Gasteiger partial charge is 0.406 e. The van der Waals surface area contributed by atoms with Gasteiger partial charge < -0.3 is 10.0 Å². The van der Waals surface area contributed by atoms with Gasteiger partial charge in [0, 0.05) is 23.7 Å². The van der Waals surface area contributed by atoms with Crippen molar-refractivity contribution < 1.29 is 27.9 Å². The second kappa shape index (κ2) is 5.46. The summed E-state index contributed by atoms with van der Waals surface area (Å²) in [5, 5.41) is 9.30. The van der Waals surface area contributed by atoms with Crippen molar-refractivity contribution in [1.29, 1.82) is 0 Å². The summed E-state index contributed by atoms with van der Waals surface area (Å²) in [7, 11) is 0. The number of carboxylic acids is 1. The molecule has 22 heavy (non-hydrogen) atoms. The number of halogens is 4. The summed E-state index contributed by atoms with van der Waals surface area (Å²) < 4.78 is 39.2. The van der Waals surface area contributed by atoms with Gasteiger partial charge in [0.2, 0.25) is 0 Å². The van der Waals surface area contributed by atoms with Gasteiger partial charge in [-0.1, -0.05) is 17.7 Å². The second-order valence-corrected chi connectivity index (χ2v) is 5.73. The number of benzene rings is 1. The maximum absolute atomic E-state index is 13.1. The van der Waals surface area contributed by atoms with E-state index in [0.29, 0.717) is 5.02 Å². The molecule has 0 spiro atoms. The van der Waals surface area contributed by atoms with Crippen LogP contribution >= 0.6 is 11.6 Å². The van der Waals surface area contributed by atoms with Crippen molar-refractivity contribution in [2.45, 2.75) is 19.5 Å². The molecule has 1 heterocycles. The number of nitrogens with zero attached hydrogens (tertiary/aromatic N) is 1. The van der Waals surface area contributed by atoms with Gasteiger partial charge in [-0.25, -0.2) is 0 Å². The van der Waals surface area contributed by atoms with E-state index in [1.165, 1.54) is 12.1 Å². The SMILES string of the molecule is Cc1ccc(C(=O)N2CCC(C(=O)O)(C(F)(F)F)C2)cc1Cl. The number of carbonyl (C=O) groups is 2. The van der Waals surface area contributed by atoms with Gasteiger partial charge in [-0.3, -0.25) is 9.59 Å². The summed E-state index contributed by atoms with van der Waals surface area (Å²) in [5.74, 6) is -2.62. The third-order valence-electron chi connectivity index (χ3n) is 3.93. The van der Waals surface area contributed by atoms with Crippen LogP contribution in [0.5, 0.6) is 0 Å². The van der Waals surface area contributed by atoms with Crippen molar-refractivity contribution in [2.24, 2.45) is 5.41 Å². The summed E-state index contributed by atoms with van der Waals surface area (Å²) in [6.07, 6.45) is -5.57. The number of amides is 1. The Morgan fingerprint density at radius 3 is 2.45 bits per heavy atom. The van der Waals surface area contributed by atoms with Gasteiger partial charge in [0.1, 0.15) is 0 Å². The lowest BCUT2D eigenvalue weighted by Crippen LogP contribution is -2.47. The molecule has 2 rings (SSSR count). The van der Waals surface area contributed by atoms with Gasteiger partial charge in [0.05, 0.1) is 0 Å². The molecule has 1 unspecified atom stereocenters. The van der Waals surface area contributed by atoms with Gasteiger partial charge in [0.15, 0.2) is 5.41 Å². The standard InChI is InChI=1S/C14H13ClF3NO3/c1-8-2-3-9(6-10(8)15)11(20)19-5-4-13(7-19,12(21)22)14(16,17)18/h2-3,6H,4-5,7H2,1H3,(H,21,22). The van der Waals surface area contributed by atoms with Gasteiger partial charge in [0.25, 0.3) is 5.91 Å². The number of likely N-dealkylation sites (tertiary alicyclic amines) is 1. The average molecular weight is 336 g/mol. The lowest BCUT2D eigenvalue weighted by molar-refractivity contribution is -0.227. The first-order chi connectivity index (χ1) is 10.1. The third-order valence-corrected chi connectivity index (χ3v) is 4.33. The normalized spacial score (nSPS) is 22.0. The molecule has 0 radical (unpaired) electrons. The molecular weight excluding hydrogens is 323 g/mol. The Hall–Kier alpha value is -1.76. The Morgan fingerprint density at radius 1 is 1.36 bits per heavy atom. The highest BCUT2D eigenvalue weighted by molar-refractivity contribution is 6.31. The predicted molar refractivity (Wildman–Crippen MR) is 72.8 cm³/mol. The number of aliphatic carboxylic acids is 1. The largest absolute Gasteiger partial charge is 0.481 e. The molecule has 4 nitrogen and oxygen atoms in total. The van der Waals surface area contributed by atoms with Crippen molar-refractivity contribution in [1.82, 2.24) is 4.90 Å². The topological polar surface area (TPSA) is 57.6 Å². The molecule has 0 aliphatic carbocycles. The van der Waals surface area contributed by atoms with E-state index < -0.39 is 36.4 Å². The van der Waals surface area contributed by atoms with E-state index in [2.05, 4.69) is 0 Å². The number of carbonyl (C=O) groups excluding carboxylic acids is 1. The Balaban J connectivity index is 2.27. The van der Waals surface area contributed by atoms with Crippen LogP contribution in [0.15, 0.2) is 18.2 Å². The Labute approximate surface area is 129 Å². The first-order valence-electron chi connectivity index (χ1n) is 6.44. The van der Waals surface area contributed by atoms with Crippen LogP contribution in [0.3, 0.4) is 0 Å². The van der Waals surface area contributed by atoms with E-state index >= 15 is 0 Å². The first kappa shape index (κ1) is 16.6. The molecule has 8 heteroatoms. The highest BCUT2D eigenvalue weighted by Crippen LogP contribution is 2.46. The molecule has 1 aromatic carbocycles. The van der Waals surface area contributed by atoms with Gasteiger partial charge in [-0.05, 0) is 31.0 Å². The van der Waals surface area contributed by atoms with Crippen molar-refractivity contribution >= 4 is 23.5 Å². The minimum absolute atomic E-state index is 0.138. The number of hydrogen-bond donors (Lipinski definition) is 1. The summed E-state index contributed by atoms with van der Waals surface area (Å²) in [6.45, 7) is 0.567. The highest BCUT2D eigenvalue weighted by Gasteiger charge is 2.64. The minimum Gasteiger partial charge on any atom is -0.481 e. The highest BCUT2D eigenvalue weighted by atomic mass is 35.5. The summed E-state index contributed by atoms with van der Waals surface area (Å²) in [4.78, 5) is 24.3. The number of hydrogen-bond acceptors (Lipinski definition) is 2. The number of carboxylic acid groups (broad SMARTS) is 1. The fourth-order valence-corrected chi connectivity index (χ4v) is 2.60. The van der Waals surface area contributed by atoms with E-state index in [0.717, 1.165) is 10.5 Å². The zero-order valence-electron chi connectivity index (χ0n) is 11.6. The Bertz CT molecular complexity index is 632. The van der Waals surface area contributed by atoms with Crippen LogP contribution in [0.25, 0.3) is 0 Å². The molecule has 1 aliphatic rings. The van der Waals surface area contributed by atoms with Gasteiger partial charge in [-0.2, -0.15) is 13.2 Å². The molecule has 0 saturated carbocycles. The fourth-order valence-electron chi connectivity index (χ4n) is 2.42. The van der Waals surface area contributed by atoms with Crippen molar-refractivity contribution in [3.63, 3.8) is 0 Å². The molecule has 120 valence electrons. The molecular formula is C14H13ClF3NO3. The number of aryl methyl sites for hydroxylation is 1. The quantitative estimate of drug-likeness (QED) is 0.903.